The quantitative estimate of drug-likeness (QED) is 0.828. The number of aromatic nitrogens is 1. The number of hydrogen-bond acceptors (Lipinski definition) is 3. The molecule has 1 aliphatic heterocycles. The lowest BCUT2D eigenvalue weighted by molar-refractivity contribution is 0.0690. The second-order valence-corrected chi connectivity index (χ2v) is 4.55. The van der Waals surface area contributed by atoms with Crippen LogP contribution in [-0.4, -0.2) is 28.6 Å². The number of carboxylic acid groups (broad SMARTS) is 1. The fraction of sp³-hybridized carbons (Fsp3) is 0.500. The first-order valence-corrected chi connectivity index (χ1v) is 5.54. The number of pyridine rings is 1. The Kier molecular flexibility index (Phi) is 2.81. The van der Waals surface area contributed by atoms with Crippen molar-refractivity contribution in [1.82, 2.24) is 4.98 Å². The third-order valence-corrected chi connectivity index (χ3v) is 3.08. The van der Waals surface area contributed by atoms with Gasteiger partial charge in [0.1, 0.15) is 5.69 Å². The molecule has 16 heavy (non-hydrogen) atoms. The molecule has 0 aliphatic carbocycles. The molecular formula is C12H16N2O2. The average Bonchev–Trinajstić information content (AvgIpc) is 2.58. The van der Waals surface area contributed by atoms with Crippen molar-refractivity contribution in [2.75, 3.05) is 11.4 Å². The van der Waals surface area contributed by atoms with E-state index in [-0.39, 0.29) is 5.69 Å². The van der Waals surface area contributed by atoms with Crippen LogP contribution in [0.15, 0.2) is 18.3 Å². The molecule has 1 aliphatic rings. The maximum atomic E-state index is 10.8. The van der Waals surface area contributed by atoms with E-state index in [9.17, 15) is 4.79 Å². The van der Waals surface area contributed by atoms with Crippen LogP contribution in [0.25, 0.3) is 0 Å². The van der Waals surface area contributed by atoms with E-state index < -0.39 is 5.97 Å². The summed E-state index contributed by atoms with van der Waals surface area (Å²) in [6.45, 7) is 5.38. The summed E-state index contributed by atoms with van der Waals surface area (Å²) in [5.41, 5.74) is 1.08. The molecule has 1 N–H and O–H groups in total. The van der Waals surface area contributed by atoms with E-state index in [1.165, 1.54) is 0 Å². The Morgan fingerprint density at radius 2 is 2.31 bits per heavy atom. The Hall–Kier alpha value is -1.58. The monoisotopic (exact) mass is 220 g/mol. The molecule has 0 aromatic carbocycles. The van der Waals surface area contributed by atoms with Gasteiger partial charge >= 0.3 is 5.97 Å². The average molecular weight is 220 g/mol. The topological polar surface area (TPSA) is 53.4 Å². The lowest BCUT2D eigenvalue weighted by atomic mass is 10.1. The van der Waals surface area contributed by atoms with Crippen LogP contribution in [0.4, 0.5) is 5.69 Å². The van der Waals surface area contributed by atoms with Gasteiger partial charge in [0.05, 0.1) is 0 Å². The number of aromatic carboxylic acids is 1. The Morgan fingerprint density at radius 3 is 2.88 bits per heavy atom. The smallest absolute Gasteiger partial charge is 0.354 e. The predicted octanol–water partition coefficient (Wildman–Crippen LogP) is 2.01. The minimum Gasteiger partial charge on any atom is -0.477 e. The highest BCUT2D eigenvalue weighted by Gasteiger charge is 2.26. The third-order valence-electron chi connectivity index (χ3n) is 3.08. The van der Waals surface area contributed by atoms with Crippen LogP contribution in [0.2, 0.25) is 0 Å². The van der Waals surface area contributed by atoms with Crippen molar-refractivity contribution < 1.29 is 9.90 Å². The van der Waals surface area contributed by atoms with Crippen molar-refractivity contribution in [3.63, 3.8) is 0 Å². The number of anilines is 1. The number of nitrogens with zero attached hydrogens (tertiary/aromatic N) is 2. The number of carboxylic acids is 1. The van der Waals surface area contributed by atoms with Crippen LogP contribution >= 0.6 is 0 Å². The van der Waals surface area contributed by atoms with Gasteiger partial charge in [0.2, 0.25) is 0 Å². The van der Waals surface area contributed by atoms with E-state index in [1.807, 2.05) is 6.07 Å². The molecule has 0 saturated carbocycles. The third kappa shape index (κ3) is 2.01. The molecule has 0 spiro atoms. The van der Waals surface area contributed by atoms with Crippen LogP contribution in [-0.2, 0) is 0 Å². The second kappa shape index (κ2) is 4.12. The van der Waals surface area contributed by atoms with Crippen molar-refractivity contribution in [3.05, 3.63) is 24.0 Å². The highest BCUT2D eigenvalue weighted by atomic mass is 16.4. The minimum absolute atomic E-state index is 0.115. The Morgan fingerprint density at radius 1 is 1.56 bits per heavy atom. The van der Waals surface area contributed by atoms with Crippen LogP contribution in [0, 0.1) is 5.92 Å². The zero-order chi connectivity index (χ0) is 11.7. The van der Waals surface area contributed by atoms with Gasteiger partial charge in [-0.15, -0.1) is 0 Å². The highest BCUT2D eigenvalue weighted by molar-refractivity contribution is 5.86. The normalized spacial score (nSPS) is 24.8. The number of hydrogen-bond donors (Lipinski definition) is 1. The summed E-state index contributed by atoms with van der Waals surface area (Å²) >= 11 is 0. The van der Waals surface area contributed by atoms with Crippen LogP contribution < -0.4 is 4.90 Å². The lowest BCUT2D eigenvalue weighted by Gasteiger charge is -2.23. The molecule has 2 rings (SSSR count). The fourth-order valence-corrected chi connectivity index (χ4v) is 2.37. The summed E-state index contributed by atoms with van der Waals surface area (Å²) in [5, 5.41) is 8.89. The first-order chi connectivity index (χ1) is 7.58. The molecule has 2 unspecified atom stereocenters. The molecule has 1 saturated heterocycles. The largest absolute Gasteiger partial charge is 0.477 e. The van der Waals surface area contributed by atoms with Gasteiger partial charge in [0, 0.05) is 24.5 Å². The summed E-state index contributed by atoms with van der Waals surface area (Å²) in [4.78, 5) is 16.9. The van der Waals surface area contributed by atoms with Crippen LogP contribution in [0.5, 0.6) is 0 Å². The van der Waals surface area contributed by atoms with Gasteiger partial charge in [-0.05, 0) is 31.4 Å². The number of carbonyl (C=O) groups is 1. The van der Waals surface area contributed by atoms with Gasteiger partial charge in [-0.1, -0.05) is 6.92 Å². The number of rotatable bonds is 2. The molecule has 2 atom stereocenters. The first kappa shape index (κ1) is 10.9. The summed E-state index contributed by atoms with van der Waals surface area (Å²) in [6, 6.07) is 4.00. The Labute approximate surface area is 94.9 Å². The van der Waals surface area contributed by atoms with Crippen LogP contribution in [0.3, 0.4) is 0 Å². The first-order valence-electron chi connectivity index (χ1n) is 5.54. The summed E-state index contributed by atoms with van der Waals surface area (Å²) < 4.78 is 0. The SMILES string of the molecule is CC1CC(C)N(c2ccnc(C(=O)O)c2)C1. The van der Waals surface area contributed by atoms with Crippen LogP contribution in [0.1, 0.15) is 30.8 Å². The summed E-state index contributed by atoms with van der Waals surface area (Å²) in [7, 11) is 0. The molecule has 0 radical (unpaired) electrons. The van der Waals surface area contributed by atoms with Gasteiger partial charge in [-0.3, -0.25) is 0 Å². The molecule has 86 valence electrons. The van der Waals surface area contributed by atoms with E-state index >= 15 is 0 Å². The van der Waals surface area contributed by atoms with E-state index in [0.717, 1.165) is 18.7 Å². The maximum absolute atomic E-state index is 10.8. The zero-order valence-corrected chi connectivity index (χ0v) is 9.55. The predicted molar refractivity (Wildman–Crippen MR) is 61.8 cm³/mol. The van der Waals surface area contributed by atoms with Gasteiger partial charge in [0.15, 0.2) is 0 Å². The molecule has 1 fully saturated rings. The lowest BCUT2D eigenvalue weighted by Crippen LogP contribution is -2.26. The molecule has 0 amide bonds. The highest BCUT2D eigenvalue weighted by Crippen LogP contribution is 2.28. The standard InChI is InChI=1S/C12H16N2O2/c1-8-5-9(2)14(7-8)10-3-4-13-11(6-10)12(15)16/h3-4,6,8-9H,5,7H2,1-2H3,(H,15,16). The summed E-state index contributed by atoms with van der Waals surface area (Å²) in [6.07, 6.45) is 2.72. The van der Waals surface area contributed by atoms with Gasteiger partial charge in [0.25, 0.3) is 0 Å². The second-order valence-electron chi connectivity index (χ2n) is 4.55. The summed E-state index contributed by atoms with van der Waals surface area (Å²) in [5.74, 6) is -0.307. The zero-order valence-electron chi connectivity index (χ0n) is 9.55. The van der Waals surface area contributed by atoms with Gasteiger partial charge in [-0.25, -0.2) is 9.78 Å². The van der Waals surface area contributed by atoms with Crippen molar-refractivity contribution in [2.24, 2.45) is 5.92 Å². The van der Waals surface area contributed by atoms with Gasteiger partial charge < -0.3 is 10.0 Å². The van der Waals surface area contributed by atoms with E-state index in [1.54, 1.807) is 12.3 Å². The molecule has 4 heteroatoms. The Balaban J connectivity index is 2.27. The van der Waals surface area contributed by atoms with Crippen molar-refractivity contribution in [3.8, 4) is 0 Å². The molecule has 2 heterocycles. The molecule has 4 nitrogen and oxygen atoms in total. The van der Waals surface area contributed by atoms with E-state index in [2.05, 4.69) is 23.7 Å². The maximum Gasteiger partial charge on any atom is 0.354 e. The van der Waals surface area contributed by atoms with Crippen molar-refractivity contribution in [2.45, 2.75) is 26.3 Å². The van der Waals surface area contributed by atoms with Crippen molar-refractivity contribution >= 4 is 11.7 Å². The van der Waals surface area contributed by atoms with Crippen molar-refractivity contribution in [1.29, 1.82) is 0 Å². The van der Waals surface area contributed by atoms with E-state index in [4.69, 9.17) is 5.11 Å². The molecule has 1 aromatic rings. The minimum atomic E-state index is -0.971. The molecule has 0 bridgehead atoms. The molecule has 1 aromatic heterocycles. The van der Waals surface area contributed by atoms with Gasteiger partial charge in [-0.2, -0.15) is 0 Å². The Bertz CT molecular complexity index is 406. The molecular weight excluding hydrogens is 204 g/mol. The van der Waals surface area contributed by atoms with E-state index in [0.29, 0.717) is 12.0 Å². The fourth-order valence-electron chi connectivity index (χ4n) is 2.37.